The second-order valence-corrected chi connectivity index (χ2v) is 8.00. The summed E-state index contributed by atoms with van der Waals surface area (Å²) in [6.45, 7) is 8.38. The summed E-state index contributed by atoms with van der Waals surface area (Å²) in [4.78, 5) is 28.1. The van der Waals surface area contributed by atoms with Gasteiger partial charge in [0, 0.05) is 31.2 Å². The molecule has 1 amide bonds. The lowest BCUT2D eigenvalue weighted by atomic mass is 10.0. The van der Waals surface area contributed by atoms with Gasteiger partial charge in [-0.3, -0.25) is 9.78 Å². The highest BCUT2D eigenvalue weighted by Gasteiger charge is 2.16. The fourth-order valence-electron chi connectivity index (χ4n) is 3.97. The van der Waals surface area contributed by atoms with Gasteiger partial charge >= 0.3 is 0 Å². The van der Waals surface area contributed by atoms with Gasteiger partial charge in [0.15, 0.2) is 0 Å². The molecule has 2 heterocycles. The monoisotopic (exact) mass is 439 g/mol. The van der Waals surface area contributed by atoms with E-state index < -0.39 is 0 Å². The maximum Gasteiger partial charge on any atom is 0.229 e. The van der Waals surface area contributed by atoms with E-state index in [-0.39, 0.29) is 11.8 Å². The summed E-state index contributed by atoms with van der Waals surface area (Å²) in [7, 11) is 0. The van der Waals surface area contributed by atoms with Crippen molar-refractivity contribution in [2.24, 2.45) is 0 Å². The minimum Gasteiger partial charge on any atom is -0.357 e. The molecule has 4 aromatic rings. The second-order valence-electron chi connectivity index (χ2n) is 8.00. The highest BCUT2D eigenvalue weighted by Crippen LogP contribution is 2.29. The third kappa shape index (κ3) is 5.00. The van der Waals surface area contributed by atoms with Gasteiger partial charge in [-0.15, -0.1) is 0 Å². The molecule has 1 unspecified atom stereocenters. The van der Waals surface area contributed by atoms with E-state index in [1.807, 2.05) is 43.3 Å². The Morgan fingerprint density at radius 3 is 2.52 bits per heavy atom. The van der Waals surface area contributed by atoms with E-state index in [4.69, 9.17) is 0 Å². The zero-order valence-corrected chi connectivity index (χ0v) is 19.3. The Balaban J connectivity index is 1.55. The molecule has 33 heavy (non-hydrogen) atoms. The fourth-order valence-corrected chi connectivity index (χ4v) is 3.97. The van der Waals surface area contributed by atoms with Crippen LogP contribution in [-0.2, 0) is 11.3 Å². The molecule has 6 nitrogen and oxygen atoms in total. The van der Waals surface area contributed by atoms with Crippen LogP contribution in [0.4, 0.5) is 5.82 Å². The largest absolute Gasteiger partial charge is 0.357 e. The quantitative estimate of drug-likeness (QED) is 0.420. The van der Waals surface area contributed by atoms with Gasteiger partial charge in [-0.05, 0) is 67.8 Å². The molecule has 0 aliphatic carbocycles. The van der Waals surface area contributed by atoms with Crippen LogP contribution in [0.2, 0.25) is 0 Å². The predicted molar refractivity (Wildman–Crippen MR) is 133 cm³/mol. The Hall–Kier alpha value is -3.80. The number of hydrogen-bond donors (Lipinski definition) is 1. The van der Waals surface area contributed by atoms with E-state index in [1.165, 1.54) is 0 Å². The summed E-state index contributed by atoms with van der Waals surface area (Å²) in [5.41, 5.74) is 4.94. The van der Waals surface area contributed by atoms with Crippen LogP contribution in [0.15, 0.2) is 73.2 Å². The van der Waals surface area contributed by atoms with Gasteiger partial charge in [0.1, 0.15) is 12.1 Å². The predicted octanol–water partition coefficient (Wildman–Crippen LogP) is 4.96. The van der Waals surface area contributed by atoms with Crippen molar-refractivity contribution < 1.29 is 4.79 Å². The Morgan fingerprint density at radius 2 is 1.76 bits per heavy atom. The van der Waals surface area contributed by atoms with Crippen LogP contribution in [0, 0.1) is 0 Å². The van der Waals surface area contributed by atoms with Gasteiger partial charge in [0.05, 0.1) is 17.1 Å². The number of hydrogen-bond acceptors (Lipinski definition) is 5. The zero-order valence-electron chi connectivity index (χ0n) is 19.3. The number of nitrogens with one attached hydrogen (secondary N) is 1. The smallest absolute Gasteiger partial charge is 0.229 e. The number of carbonyl (C=O) groups is 1. The average molecular weight is 440 g/mol. The van der Waals surface area contributed by atoms with Crippen molar-refractivity contribution >= 4 is 22.6 Å². The average Bonchev–Trinajstić information content (AvgIpc) is 2.88. The Labute approximate surface area is 194 Å². The Bertz CT molecular complexity index is 1240. The van der Waals surface area contributed by atoms with Gasteiger partial charge in [0.25, 0.3) is 0 Å². The Morgan fingerprint density at radius 1 is 0.939 bits per heavy atom. The van der Waals surface area contributed by atoms with Crippen molar-refractivity contribution in [3.8, 4) is 11.1 Å². The lowest BCUT2D eigenvalue weighted by Gasteiger charge is -2.21. The standard InChI is InChI=1S/C27H29N5O/c1-4-32(5-2)26-23-16-22(12-13-25(23)30-18-31-26)21-10-8-9-20(15-21)17-29-27(33)19(3)24-11-6-7-14-28-24/h6-16,18-19H,4-5,17H2,1-3H3,(H,29,33). The first-order valence-corrected chi connectivity index (χ1v) is 11.4. The molecule has 168 valence electrons. The highest BCUT2D eigenvalue weighted by molar-refractivity contribution is 5.93. The first-order chi connectivity index (χ1) is 16.1. The van der Waals surface area contributed by atoms with E-state index in [1.54, 1.807) is 12.5 Å². The molecule has 4 rings (SSSR count). The van der Waals surface area contributed by atoms with Crippen LogP contribution in [-0.4, -0.2) is 33.9 Å². The molecule has 2 aromatic heterocycles. The molecule has 0 fully saturated rings. The molecular formula is C27H29N5O. The van der Waals surface area contributed by atoms with Crippen LogP contribution in [0.25, 0.3) is 22.0 Å². The number of amides is 1. The number of carbonyl (C=O) groups excluding carboxylic acids is 1. The van der Waals surface area contributed by atoms with E-state index in [2.05, 4.69) is 63.3 Å². The molecule has 1 atom stereocenters. The molecule has 0 saturated carbocycles. The molecule has 2 aromatic carbocycles. The molecule has 1 N–H and O–H groups in total. The van der Waals surface area contributed by atoms with Crippen molar-refractivity contribution in [2.75, 3.05) is 18.0 Å². The molecule has 0 aliphatic rings. The van der Waals surface area contributed by atoms with E-state index >= 15 is 0 Å². The number of nitrogens with zero attached hydrogens (tertiary/aromatic N) is 4. The molecule has 0 spiro atoms. The van der Waals surface area contributed by atoms with E-state index in [9.17, 15) is 4.79 Å². The number of rotatable bonds is 8. The van der Waals surface area contributed by atoms with Crippen LogP contribution in [0.1, 0.15) is 37.9 Å². The molecule has 0 aliphatic heterocycles. The lowest BCUT2D eigenvalue weighted by Crippen LogP contribution is -2.27. The normalized spacial score (nSPS) is 11.8. The number of fused-ring (bicyclic) bond motifs is 1. The number of benzene rings is 2. The molecule has 0 saturated heterocycles. The van der Waals surface area contributed by atoms with Crippen molar-refractivity contribution in [2.45, 2.75) is 33.2 Å². The SMILES string of the molecule is CCN(CC)c1ncnc2ccc(-c3cccc(CNC(=O)C(C)c4ccccn4)c3)cc12. The summed E-state index contributed by atoms with van der Waals surface area (Å²) in [5, 5.41) is 4.08. The van der Waals surface area contributed by atoms with E-state index in [0.717, 1.165) is 52.2 Å². The number of pyridine rings is 1. The zero-order chi connectivity index (χ0) is 23.2. The topological polar surface area (TPSA) is 71.0 Å². The number of anilines is 1. The maximum atomic E-state index is 12.6. The second kappa shape index (κ2) is 10.2. The molecule has 0 radical (unpaired) electrons. The fraction of sp³-hybridized carbons (Fsp3) is 0.259. The first-order valence-electron chi connectivity index (χ1n) is 11.4. The third-order valence-electron chi connectivity index (χ3n) is 5.93. The van der Waals surface area contributed by atoms with Gasteiger partial charge in [-0.1, -0.05) is 30.3 Å². The highest BCUT2D eigenvalue weighted by atomic mass is 16.1. The molecular weight excluding hydrogens is 410 g/mol. The third-order valence-corrected chi connectivity index (χ3v) is 5.93. The summed E-state index contributed by atoms with van der Waals surface area (Å²) in [5.74, 6) is 0.623. The van der Waals surface area contributed by atoms with Gasteiger partial charge in [-0.25, -0.2) is 9.97 Å². The van der Waals surface area contributed by atoms with Crippen LogP contribution in [0.5, 0.6) is 0 Å². The van der Waals surface area contributed by atoms with Gasteiger partial charge < -0.3 is 10.2 Å². The summed E-state index contributed by atoms with van der Waals surface area (Å²) in [6, 6.07) is 20.2. The lowest BCUT2D eigenvalue weighted by molar-refractivity contribution is -0.122. The van der Waals surface area contributed by atoms with Gasteiger partial charge in [0.2, 0.25) is 5.91 Å². The summed E-state index contributed by atoms with van der Waals surface area (Å²) >= 11 is 0. The first kappa shape index (κ1) is 22.4. The van der Waals surface area contributed by atoms with Crippen LogP contribution >= 0.6 is 0 Å². The maximum absolute atomic E-state index is 12.6. The van der Waals surface area contributed by atoms with Crippen molar-refractivity contribution in [3.63, 3.8) is 0 Å². The van der Waals surface area contributed by atoms with Crippen molar-refractivity contribution in [1.82, 2.24) is 20.3 Å². The van der Waals surface area contributed by atoms with E-state index in [0.29, 0.717) is 6.54 Å². The molecule has 0 bridgehead atoms. The number of aromatic nitrogens is 3. The van der Waals surface area contributed by atoms with Crippen LogP contribution in [0.3, 0.4) is 0 Å². The Kier molecular flexibility index (Phi) is 6.93. The molecule has 6 heteroatoms. The minimum atomic E-state index is -0.298. The van der Waals surface area contributed by atoms with Crippen LogP contribution < -0.4 is 10.2 Å². The minimum absolute atomic E-state index is 0.0363. The summed E-state index contributed by atoms with van der Waals surface area (Å²) in [6.07, 6.45) is 3.34. The van der Waals surface area contributed by atoms with Gasteiger partial charge in [-0.2, -0.15) is 0 Å². The van der Waals surface area contributed by atoms with Crippen molar-refractivity contribution in [1.29, 1.82) is 0 Å². The van der Waals surface area contributed by atoms with Crippen molar-refractivity contribution in [3.05, 3.63) is 84.4 Å². The summed E-state index contributed by atoms with van der Waals surface area (Å²) < 4.78 is 0.